The first-order chi connectivity index (χ1) is 8.13. The molecular formula is C12H17NO4. The van der Waals surface area contributed by atoms with E-state index in [4.69, 9.17) is 4.74 Å². The summed E-state index contributed by atoms with van der Waals surface area (Å²) >= 11 is 0. The molecule has 3 N–H and O–H groups in total. The van der Waals surface area contributed by atoms with Gasteiger partial charge in [-0.15, -0.1) is 0 Å². The van der Waals surface area contributed by atoms with Crippen LogP contribution in [0.2, 0.25) is 0 Å². The summed E-state index contributed by atoms with van der Waals surface area (Å²) in [5.41, 5.74) is 0.561. The Kier molecular flexibility index (Phi) is 5.45. The van der Waals surface area contributed by atoms with E-state index in [1.54, 1.807) is 18.2 Å². The number of rotatable bonds is 6. The van der Waals surface area contributed by atoms with E-state index in [2.05, 4.69) is 5.32 Å². The second-order valence-electron chi connectivity index (χ2n) is 3.72. The Morgan fingerprint density at radius 1 is 1.47 bits per heavy atom. The molecule has 0 aliphatic heterocycles. The molecule has 0 saturated heterocycles. The number of carbonyl (C=O) groups excluding carboxylic acids is 1. The number of aliphatic hydroxyl groups is 1. The van der Waals surface area contributed by atoms with E-state index < -0.39 is 6.10 Å². The molecule has 1 aromatic rings. The minimum atomic E-state index is -0.715. The van der Waals surface area contributed by atoms with Gasteiger partial charge in [0, 0.05) is 19.2 Å². The number of amides is 1. The molecule has 0 spiro atoms. The Labute approximate surface area is 100 Å². The Bertz CT molecular complexity index is 367. The lowest BCUT2D eigenvalue weighted by atomic mass is 10.1. The van der Waals surface area contributed by atoms with Gasteiger partial charge in [0.1, 0.15) is 5.75 Å². The van der Waals surface area contributed by atoms with Crippen LogP contribution in [0.5, 0.6) is 5.75 Å². The maximum atomic E-state index is 11.5. The standard InChI is InChI=1S/C12H17NO4/c1-17-8-10(14)7-13-12(16)6-9-4-2-3-5-11(9)15/h2-5,10,14-15H,6-8H2,1H3,(H,13,16). The van der Waals surface area contributed by atoms with E-state index in [0.717, 1.165) is 0 Å². The van der Waals surface area contributed by atoms with Crippen molar-refractivity contribution in [1.29, 1.82) is 0 Å². The Balaban J connectivity index is 2.37. The van der Waals surface area contributed by atoms with Gasteiger partial charge in [0.2, 0.25) is 5.91 Å². The van der Waals surface area contributed by atoms with Crippen molar-refractivity contribution in [2.75, 3.05) is 20.3 Å². The van der Waals surface area contributed by atoms with Crippen LogP contribution in [0.25, 0.3) is 0 Å². The number of hydrogen-bond acceptors (Lipinski definition) is 4. The number of nitrogens with one attached hydrogen (secondary N) is 1. The first-order valence-electron chi connectivity index (χ1n) is 5.34. The van der Waals surface area contributed by atoms with Crippen LogP contribution in [-0.4, -0.2) is 42.5 Å². The lowest BCUT2D eigenvalue weighted by Gasteiger charge is -2.11. The van der Waals surface area contributed by atoms with E-state index in [-0.39, 0.29) is 31.2 Å². The molecule has 0 radical (unpaired) electrons. The van der Waals surface area contributed by atoms with Crippen molar-refractivity contribution in [2.24, 2.45) is 0 Å². The maximum absolute atomic E-state index is 11.5. The van der Waals surface area contributed by atoms with Crippen LogP contribution in [-0.2, 0) is 16.0 Å². The molecule has 5 heteroatoms. The van der Waals surface area contributed by atoms with Crippen LogP contribution in [0.4, 0.5) is 0 Å². The average Bonchev–Trinajstić information content (AvgIpc) is 2.30. The van der Waals surface area contributed by atoms with Crippen LogP contribution in [0.15, 0.2) is 24.3 Å². The fourth-order valence-electron chi connectivity index (χ4n) is 1.38. The number of hydrogen-bond donors (Lipinski definition) is 3. The number of aliphatic hydroxyl groups excluding tert-OH is 1. The zero-order chi connectivity index (χ0) is 12.7. The van der Waals surface area contributed by atoms with Crippen molar-refractivity contribution in [3.05, 3.63) is 29.8 Å². The summed E-state index contributed by atoms with van der Waals surface area (Å²) in [5, 5.41) is 21.4. The van der Waals surface area contributed by atoms with Gasteiger partial charge in [-0.1, -0.05) is 18.2 Å². The van der Waals surface area contributed by atoms with E-state index >= 15 is 0 Å². The molecule has 0 fully saturated rings. The molecule has 94 valence electrons. The van der Waals surface area contributed by atoms with Crippen molar-refractivity contribution in [3.8, 4) is 5.75 Å². The van der Waals surface area contributed by atoms with Crippen molar-refractivity contribution in [2.45, 2.75) is 12.5 Å². The normalized spacial score (nSPS) is 12.1. The highest BCUT2D eigenvalue weighted by atomic mass is 16.5. The topological polar surface area (TPSA) is 78.8 Å². The molecule has 0 heterocycles. The fraction of sp³-hybridized carbons (Fsp3) is 0.417. The first kappa shape index (κ1) is 13.5. The smallest absolute Gasteiger partial charge is 0.224 e. The zero-order valence-corrected chi connectivity index (χ0v) is 9.72. The van der Waals surface area contributed by atoms with Crippen LogP contribution in [0.1, 0.15) is 5.56 Å². The predicted molar refractivity (Wildman–Crippen MR) is 62.7 cm³/mol. The second-order valence-corrected chi connectivity index (χ2v) is 3.72. The number of carbonyl (C=O) groups is 1. The monoisotopic (exact) mass is 239 g/mol. The largest absolute Gasteiger partial charge is 0.508 e. The molecule has 17 heavy (non-hydrogen) atoms. The van der Waals surface area contributed by atoms with Crippen LogP contribution in [0, 0.1) is 0 Å². The predicted octanol–water partition coefficient (Wildman–Crippen LogP) is 0.0582. The van der Waals surface area contributed by atoms with Crippen molar-refractivity contribution in [3.63, 3.8) is 0 Å². The summed E-state index contributed by atoms with van der Waals surface area (Å²) in [6.07, 6.45) is -0.625. The second kappa shape index (κ2) is 6.88. The summed E-state index contributed by atoms with van der Waals surface area (Å²) in [4.78, 5) is 11.5. The van der Waals surface area contributed by atoms with E-state index in [1.807, 2.05) is 0 Å². The van der Waals surface area contributed by atoms with Gasteiger partial charge in [-0.2, -0.15) is 0 Å². The van der Waals surface area contributed by atoms with Gasteiger partial charge in [0.25, 0.3) is 0 Å². The number of benzene rings is 1. The van der Waals surface area contributed by atoms with E-state index in [1.165, 1.54) is 13.2 Å². The number of ether oxygens (including phenoxy) is 1. The highest BCUT2D eigenvalue weighted by molar-refractivity contribution is 5.79. The number of para-hydroxylation sites is 1. The number of methoxy groups -OCH3 is 1. The van der Waals surface area contributed by atoms with Gasteiger partial charge in [-0.25, -0.2) is 0 Å². The first-order valence-corrected chi connectivity index (χ1v) is 5.34. The van der Waals surface area contributed by atoms with Crippen molar-refractivity contribution >= 4 is 5.91 Å². The number of phenolic OH excluding ortho intramolecular Hbond substituents is 1. The Morgan fingerprint density at radius 3 is 2.82 bits per heavy atom. The number of phenols is 1. The minimum Gasteiger partial charge on any atom is -0.508 e. The molecule has 1 amide bonds. The molecular weight excluding hydrogens is 222 g/mol. The third-order valence-electron chi connectivity index (χ3n) is 2.24. The minimum absolute atomic E-state index is 0.0897. The summed E-state index contributed by atoms with van der Waals surface area (Å²) < 4.78 is 4.73. The third kappa shape index (κ3) is 4.84. The van der Waals surface area contributed by atoms with Gasteiger partial charge < -0.3 is 20.3 Å². The van der Waals surface area contributed by atoms with E-state index in [0.29, 0.717) is 5.56 Å². The Morgan fingerprint density at radius 2 is 2.18 bits per heavy atom. The van der Waals surface area contributed by atoms with Gasteiger partial charge in [0.15, 0.2) is 0 Å². The lowest BCUT2D eigenvalue weighted by molar-refractivity contribution is -0.121. The maximum Gasteiger partial charge on any atom is 0.224 e. The van der Waals surface area contributed by atoms with Crippen LogP contribution >= 0.6 is 0 Å². The van der Waals surface area contributed by atoms with Crippen LogP contribution < -0.4 is 5.32 Å². The summed E-state index contributed by atoms with van der Waals surface area (Å²) in [6.45, 7) is 0.317. The third-order valence-corrected chi connectivity index (χ3v) is 2.24. The zero-order valence-electron chi connectivity index (χ0n) is 9.72. The molecule has 5 nitrogen and oxygen atoms in total. The summed E-state index contributed by atoms with van der Waals surface area (Å²) in [7, 11) is 1.48. The van der Waals surface area contributed by atoms with Crippen LogP contribution in [0.3, 0.4) is 0 Å². The Hall–Kier alpha value is -1.59. The molecule has 0 aliphatic rings. The summed E-state index contributed by atoms with van der Waals surface area (Å²) in [5.74, 6) is -0.151. The van der Waals surface area contributed by atoms with Crippen molar-refractivity contribution < 1.29 is 19.7 Å². The molecule has 0 saturated carbocycles. The molecule has 0 aromatic heterocycles. The molecule has 0 bridgehead atoms. The molecule has 1 unspecified atom stereocenters. The molecule has 0 aliphatic carbocycles. The highest BCUT2D eigenvalue weighted by Crippen LogP contribution is 2.15. The summed E-state index contributed by atoms with van der Waals surface area (Å²) in [6, 6.07) is 6.66. The van der Waals surface area contributed by atoms with Crippen molar-refractivity contribution in [1.82, 2.24) is 5.32 Å². The van der Waals surface area contributed by atoms with Gasteiger partial charge in [-0.05, 0) is 6.07 Å². The fourth-order valence-corrected chi connectivity index (χ4v) is 1.38. The van der Waals surface area contributed by atoms with Gasteiger partial charge in [0.05, 0.1) is 19.1 Å². The van der Waals surface area contributed by atoms with Gasteiger partial charge >= 0.3 is 0 Å². The van der Waals surface area contributed by atoms with Gasteiger partial charge in [-0.3, -0.25) is 4.79 Å². The van der Waals surface area contributed by atoms with E-state index in [9.17, 15) is 15.0 Å². The molecule has 1 aromatic carbocycles. The molecule has 1 atom stereocenters. The quantitative estimate of drug-likeness (QED) is 0.656. The SMILES string of the molecule is COCC(O)CNC(=O)Cc1ccccc1O. The average molecular weight is 239 g/mol. The lowest BCUT2D eigenvalue weighted by Crippen LogP contribution is -2.35. The highest BCUT2D eigenvalue weighted by Gasteiger charge is 2.09. The molecule has 1 rings (SSSR count). The number of aromatic hydroxyl groups is 1.